The number of hydrogen-bond acceptors (Lipinski definition) is 5. The van der Waals surface area contributed by atoms with Crippen molar-refractivity contribution >= 4 is 19.4 Å². The molecule has 25 heavy (non-hydrogen) atoms. The van der Waals surface area contributed by atoms with Gasteiger partial charge in [-0.25, -0.2) is 0 Å². The Morgan fingerprint density at radius 2 is 1.40 bits per heavy atom. The van der Waals surface area contributed by atoms with Gasteiger partial charge in [-0.05, 0) is 38.8 Å². The highest BCUT2D eigenvalue weighted by molar-refractivity contribution is 7.53. The Bertz CT molecular complexity index is 616. The molecule has 0 aliphatic carbocycles. The van der Waals surface area contributed by atoms with Gasteiger partial charge in [-0.3, -0.25) is 19.1 Å². The van der Waals surface area contributed by atoms with E-state index in [9.17, 15) is 14.2 Å². The first-order valence-corrected chi connectivity index (χ1v) is 10.6. The number of fused-ring (bicyclic) bond motifs is 1. The summed E-state index contributed by atoms with van der Waals surface area (Å²) in [6, 6.07) is 6.91. The Kier molecular flexibility index (Phi) is 7.36. The van der Waals surface area contributed by atoms with Crippen LogP contribution in [0.25, 0.3) is 0 Å². The molecule has 1 aliphatic rings. The molecule has 0 spiro atoms. The van der Waals surface area contributed by atoms with Crippen LogP contribution >= 0.6 is 7.60 Å². The van der Waals surface area contributed by atoms with E-state index in [4.69, 9.17) is 9.05 Å². The normalized spacial score (nSPS) is 14.2. The van der Waals surface area contributed by atoms with E-state index in [1.165, 1.54) is 4.90 Å². The minimum Gasteiger partial charge on any atom is -0.309 e. The van der Waals surface area contributed by atoms with Crippen molar-refractivity contribution in [3.8, 4) is 0 Å². The van der Waals surface area contributed by atoms with Crippen LogP contribution in [0.5, 0.6) is 0 Å². The summed E-state index contributed by atoms with van der Waals surface area (Å²) in [7, 11) is -2.97. The number of nitrogens with zero attached hydrogens (tertiary/aromatic N) is 1. The molecule has 1 aliphatic heterocycles. The van der Waals surface area contributed by atoms with Crippen LogP contribution in [0.2, 0.25) is 0 Å². The van der Waals surface area contributed by atoms with Gasteiger partial charge < -0.3 is 9.05 Å². The molecular weight excluding hydrogens is 341 g/mol. The summed E-state index contributed by atoms with van der Waals surface area (Å²) < 4.78 is 22.8. The first kappa shape index (κ1) is 19.8. The lowest BCUT2D eigenvalue weighted by Crippen LogP contribution is -2.30. The molecule has 2 amide bonds. The van der Waals surface area contributed by atoms with E-state index in [0.717, 1.165) is 25.7 Å². The molecule has 0 N–H and O–H groups in total. The zero-order chi connectivity index (χ0) is 18.3. The van der Waals surface area contributed by atoms with Crippen LogP contribution in [-0.2, 0) is 13.6 Å². The number of amides is 2. The maximum atomic E-state index is 12.3. The first-order chi connectivity index (χ1) is 12.0. The van der Waals surface area contributed by atoms with Gasteiger partial charge in [-0.15, -0.1) is 0 Å². The standard InChI is InChI=1S/C18H26NO5P/c1-3-23-25(22,24-4-2)14-10-6-5-9-13-19-17(20)15-11-7-8-12-16(15)18(19)21/h7-8,11-12H,3-6,9-10,13-14H2,1-2H3. The predicted octanol–water partition coefficient (Wildman–Crippen LogP) is 4.11. The van der Waals surface area contributed by atoms with Crippen molar-refractivity contribution in [3.05, 3.63) is 35.4 Å². The molecule has 0 radical (unpaired) electrons. The summed E-state index contributed by atoms with van der Waals surface area (Å²) in [6.07, 6.45) is 3.58. The van der Waals surface area contributed by atoms with Crippen LogP contribution in [0, 0.1) is 0 Å². The molecule has 0 atom stereocenters. The second kappa shape index (κ2) is 9.27. The molecule has 0 fully saturated rings. The molecule has 7 heteroatoms. The monoisotopic (exact) mass is 367 g/mol. The Morgan fingerprint density at radius 1 is 0.880 bits per heavy atom. The van der Waals surface area contributed by atoms with Gasteiger partial charge in [-0.2, -0.15) is 0 Å². The Morgan fingerprint density at radius 3 is 1.92 bits per heavy atom. The van der Waals surface area contributed by atoms with Crippen molar-refractivity contribution in [1.82, 2.24) is 4.90 Å². The van der Waals surface area contributed by atoms with E-state index in [-0.39, 0.29) is 11.8 Å². The lowest BCUT2D eigenvalue weighted by molar-refractivity contribution is 0.0651. The van der Waals surface area contributed by atoms with E-state index in [1.54, 1.807) is 38.1 Å². The number of hydrogen-bond donors (Lipinski definition) is 0. The molecule has 2 rings (SSSR count). The zero-order valence-electron chi connectivity index (χ0n) is 14.9. The van der Waals surface area contributed by atoms with E-state index < -0.39 is 7.60 Å². The fraction of sp³-hybridized carbons (Fsp3) is 0.556. The summed E-state index contributed by atoms with van der Waals surface area (Å²) in [5.41, 5.74) is 0.976. The van der Waals surface area contributed by atoms with Crippen LogP contribution in [0.15, 0.2) is 24.3 Å². The largest absolute Gasteiger partial charge is 0.330 e. The lowest BCUT2D eigenvalue weighted by Gasteiger charge is -2.17. The number of imide groups is 1. The van der Waals surface area contributed by atoms with Gasteiger partial charge in [0.05, 0.1) is 30.5 Å². The minimum absolute atomic E-state index is 0.210. The van der Waals surface area contributed by atoms with Crippen molar-refractivity contribution in [2.75, 3.05) is 25.9 Å². The second-order valence-corrected chi connectivity index (χ2v) is 8.08. The molecule has 0 bridgehead atoms. The SMILES string of the molecule is CCOP(=O)(CCCCCCN1C(=O)c2ccccc2C1=O)OCC. The number of benzene rings is 1. The van der Waals surface area contributed by atoms with E-state index in [0.29, 0.717) is 37.0 Å². The second-order valence-electron chi connectivity index (χ2n) is 5.89. The highest BCUT2D eigenvalue weighted by Crippen LogP contribution is 2.48. The van der Waals surface area contributed by atoms with Crippen LogP contribution in [0.4, 0.5) is 0 Å². The maximum Gasteiger partial charge on any atom is 0.330 e. The summed E-state index contributed by atoms with van der Waals surface area (Å²) in [5.74, 6) is -0.421. The molecule has 1 heterocycles. The lowest BCUT2D eigenvalue weighted by atomic mass is 10.1. The van der Waals surface area contributed by atoms with E-state index >= 15 is 0 Å². The molecule has 1 aromatic carbocycles. The Balaban J connectivity index is 1.71. The number of carbonyl (C=O) groups excluding carboxylic acids is 2. The number of rotatable bonds is 11. The van der Waals surface area contributed by atoms with Crippen molar-refractivity contribution in [2.45, 2.75) is 39.5 Å². The third kappa shape index (κ3) is 5.00. The molecule has 138 valence electrons. The molecule has 0 saturated heterocycles. The summed E-state index contributed by atoms with van der Waals surface area (Å²) in [5, 5.41) is 0. The Hall–Kier alpha value is -1.49. The summed E-state index contributed by atoms with van der Waals surface area (Å²) in [4.78, 5) is 25.8. The minimum atomic E-state index is -2.97. The van der Waals surface area contributed by atoms with Gasteiger partial charge in [0, 0.05) is 6.54 Å². The van der Waals surface area contributed by atoms with Crippen molar-refractivity contribution < 1.29 is 23.2 Å². The smallest absolute Gasteiger partial charge is 0.309 e. The molecule has 0 aromatic heterocycles. The fourth-order valence-corrected chi connectivity index (χ4v) is 4.66. The molecular formula is C18H26NO5P. The Labute approximate surface area is 149 Å². The van der Waals surface area contributed by atoms with E-state index in [1.807, 2.05) is 0 Å². The quantitative estimate of drug-likeness (QED) is 0.334. The molecule has 0 unspecified atom stereocenters. The third-order valence-corrected chi connectivity index (χ3v) is 6.26. The number of carbonyl (C=O) groups is 2. The van der Waals surface area contributed by atoms with Gasteiger partial charge in [0.1, 0.15) is 0 Å². The fourth-order valence-electron chi connectivity index (χ4n) is 2.93. The zero-order valence-corrected chi connectivity index (χ0v) is 15.8. The van der Waals surface area contributed by atoms with Crippen LogP contribution in [0.1, 0.15) is 60.2 Å². The molecule has 0 saturated carbocycles. The number of unbranched alkanes of at least 4 members (excludes halogenated alkanes) is 3. The molecule has 6 nitrogen and oxygen atoms in total. The van der Waals surface area contributed by atoms with Crippen LogP contribution in [-0.4, -0.2) is 42.6 Å². The predicted molar refractivity (Wildman–Crippen MR) is 96.0 cm³/mol. The highest BCUT2D eigenvalue weighted by atomic mass is 31.2. The van der Waals surface area contributed by atoms with Gasteiger partial charge in [0.15, 0.2) is 0 Å². The third-order valence-electron chi connectivity index (χ3n) is 4.09. The topological polar surface area (TPSA) is 72.9 Å². The van der Waals surface area contributed by atoms with Gasteiger partial charge in [0.25, 0.3) is 11.8 Å². The van der Waals surface area contributed by atoms with Gasteiger partial charge >= 0.3 is 7.60 Å². The maximum absolute atomic E-state index is 12.3. The van der Waals surface area contributed by atoms with Crippen molar-refractivity contribution in [3.63, 3.8) is 0 Å². The van der Waals surface area contributed by atoms with Crippen molar-refractivity contribution in [2.24, 2.45) is 0 Å². The van der Waals surface area contributed by atoms with Crippen molar-refractivity contribution in [1.29, 1.82) is 0 Å². The first-order valence-electron chi connectivity index (χ1n) is 8.85. The average Bonchev–Trinajstić information content (AvgIpc) is 2.83. The highest BCUT2D eigenvalue weighted by Gasteiger charge is 2.34. The molecule has 1 aromatic rings. The average molecular weight is 367 g/mol. The summed E-state index contributed by atoms with van der Waals surface area (Å²) in [6.45, 7) is 4.76. The van der Waals surface area contributed by atoms with Gasteiger partial charge in [0.2, 0.25) is 0 Å². The summed E-state index contributed by atoms with van der Waals surface area (Å²) >= 11 is 0. The van der Waals surface area contributed by atoms with Gasteiger partial charge in [-0.1, -0.05) is 25.0 Å². The van der Waals surface area contributed by atoms with Crippen LogP contribution in [0.3, 0.4) is 0 Å². The van der Waals surface area contributed by atoms with E-state index in [2.05, 4.69) is 0 Å². The van der Waals surface area contributed by atoms with Crippen LogP contribution < -0.4 is 0 Å².